The van der Waals surface area contributed by atoms with Gasteiger partial charge in [0.05, 0.1) is 5.92 Å². The third-order valence-electron chi connectivity index (χ3n) is 5.50. The number of benzene rings is 1. The minimum atomic E-state index is -0.363. The molecular formula is C18H23N3O2. The van der Waals surface area contributed by atoms with Gasteiger partial charge in [-0.3, -0.25) is 14.5 Å². The van der Waals surface area contributed by atoms with Gasteiger partial charge in [-0.15, -0.1) is 0 Å². The largest absolute Gasteiger partial charge is 0.351 e. The molecule has 23 heavy (non-hydrogen) atoms. The minimum Gasteiger partial charge on any atom is -0.351 e. The maximum atomic E-state index is 12.8. The zero-order valence-electron chi connectivity index (χ0n) is 13.3. The molecule has 5 nitrogen and oxygen atoms in total. The van der Waals surface area contributed by atoms with E-state index in [0.29, 0.717) is 6.04 Å². The van der Waals surface area contributed by atoms with Crippen LogP contribution in [-0.4, -0.2) is 41.9 Å². The highest BCUT2D eigenvalue weighted by Crippen LogP contribution is 2.33. The van der Waals surface area contributed by atoms with Gasteiger partial charge in [-0.05, 0) is 37.4 Å². The average Bonchev–Trinajstić information content (AvgIpc) is 2.97. The number of hydrogen-bond donors (Lipinski definition) is 2. The third kappa shape index (κ3) is 2.74. The Morgan fingerprint density at radius 1 is 1.17 bits per heavy atom. The monoisotopic (exact) mass is 313 g/mol. The lowest BCUT2D eigenvalue weighted by atomic mass is 9.89. The highest BCUT2D eigenvalue weighted by molar-refractivity contribution is 6.01. The number of para-hydroxylation sites is 1. The Bertz CT molecular complexity index is 630. The van der Waals surface area contributed by atoms with Gasteiger partial charge in [0.2, 0.25) is 11.8 Å². The summed E-state index contributed by atoms with van der Waals surface area (Å²) in [6.45, 7) is 2.24. The molecule has 4 rings (SSSR count). The number of nitrogens with one attached hydrogen (secondary N) is 2. The first-order valence-electron chi connectivity index (χ1n) is 8.65. The van der Waals surface area contributed by atoms with E-state index in [-0.39, 0.29) is 30.2 Å². The Hall–Kier alpha value is -1.88. The average molecular weight is 313 g/mol. The molecule has 1 aromatic carbocycles. The summed E-state index contributed by atoms with van der Waals surface area (Å²) in [5, 5.41) is 6.11. The summed E-state index contributed by atoms with van der Waals surface area (Å²) in [6.07, 6.45) is 4.96. The molecule has 2 N–H and O–H groups in total. The van der Waals surface area contributed by atoms with Crippen LogP contribution in [0.25, 0.3) is 0 Å². The van der Waals surface area contributed by atoms with Crippen molar-refractivity contribution in [2.45, 2.75) is 50.1 Å². The number of rotatable bonds is 2. The Morgan fingerprint density at radius 2 is 2.04 bits per heavy atom. The SMILES string of the molecule is O=C1C[C@H](C(=O)N[C@H]2CCN3CCCC[C@@H]23)c2ccccc2N1. The predicted octanol–water partition coefficient (Wildman–Crippen LogP) is 1.86. The number of amides is 2. The number of nitrogens with zero attached hydrogens (tertiary/aromatic N) is 1. The van der Waals surface area contributed by atoms with Crippen LogP contribution < -0.4 is 10.6 Å². The number of carbonyl (C=O) groups excluding carboxylic acids is 2. The summed E-state index contributed by atoms with van der Waals surface area (Å²) >= 11 is 0. The van der Waals surface area contributed by atoms with Crippen molar-refractivity contribution in [2.24, 2.45) is 0 Å². The van der Waals surface area contributed by atoms with Crippen molar-refractivity contribution in [2.75, 3.05) is 18.4 Å². The van der Waals surface area contributed by atoms with Gasteiger partial charge in [-0.1, -0.05) is 24.6 Å². The highest BCUT2D eigenvalue weighted by atomic mass is 16.2. The number of piperidine rings is 1. The Balaban J connectivity index is 1.50. The van der Waals surface area contributed by atoms with Crippen LogP contribution in [0.5, 0.6) is 0 Å². The first-order valence-corrected chi connectivity index (χ1v) is 8.65. The molecule has 0 saturated carbocycles. The molecule has 0 spiro atoms. The summed E-state index contributed by atoms with van der Waals surface area (Å²) < 4.78 is 0. The molecule has 3 heterocycles. The molecule has 3 aliphatic heterocycles. The smallest absolute Gasteiger partial charge is 0.228 e. The van der Waals surface area contributed by atoms with Crippen LogP contribution in [0.4, 0.5) is 5.69 Å². The summed E-state index contributed by atoms with van der Waals surface area (Å²) in [6, 6.07) is 8.34. The first kappa shape index (κ1) is 14.7. The molecular weight excluding hydrogens is 290 g/mol. The molecule has 2 amide bonds. The summed E-state index contributed by atoms with van der Waals surface area (Å²) in [7, 11) is 0. The maximum Gasteiger partial charge on any atom is 0.228 e. The highest BCUT2D eigenvalue weighted by Gasteiger charge is 2.38. The van der Waals surface area contributed by atoms with Gasteiger partial charge in [-0.2, -0.15) is 0 Å². The van der Waals surface area contributed by atoms with Gasteiger partial charge >= 0.3 is 0 Å². The van der Waals surface area contributed by atoms with Crippen LogP contribution in [0, 0.1) is 0 Å². The third-order valence-corrected chi connectivity index (χ3v) is 5.50. The van der Waals surface area contributed by atoms with E-state index < -0.39 is 0 Å². The quantitative estimate of drug-likeness (QED) is 0.876. The predicted molar refractivity (Wildman–Crippen MR) is 88.2 cm³/mol. The molecule has 0 unspecified atom stereocenters. The molecule has 3 aliphatic rings. The van der Waals surface area contributed by atoms with Crippen molar-refractivity contribution in [3.63, 3.8) is 0 Å². The van der Waals surface area contributed by atoms with Crippen molar-refractivity contribution in [3.8, 4) is 0 Å². The molecule has 0 radical (unpaired) electrons. The van der Waals surface area contributed by atoms with E-state index in [1.165, 1.54) is 19.3 Å². The van der Waals surface area contributed by atoms with Crippen LogP contribution in [0.2, 0.25) is 0 Å². The topological polar surface area (TPSA) is 61.4 Å². The lowest BCUT2D eigenvalue weighted by Crippen LogP contribution is -2.48. The van der Waals surface area contributed by atoms with Gasteiger partial charge in [-0.25, -0.2) is 0 Å². The van der Waals surface area contributed by atoms with Crippen LogP contribution in [0.3, 0.4) is 0 Å². The van der Waals surface area contributed by atoms with Crippen molar-refractivity contribution in [1.82, 2.24) is 10.2 Å². The Morgan fingerprint density at radius 3 is 2.96 bits per heavy atom. The van der Waals surface area contributed by atoms with Crippen LogP contribution in [0.15, 0.2) is 24.3 Å². The number of fused-ring (bicyclic) bond motifs is 2. The molecule has 0 bridgehead atoms. The second-order valence-corrected chi connectivity index (χ2v) is 6.89. The van der Waals surface area contributed by atoms with Gasteiger partial charge < -0.3 is 10.6 Å². The first-order chi connectivity index (χ1) is 11.2. The second-order valence-electron chi connectivity index (χ2n) is 6.89. The normalized spacial score (nSPS) is 30.3. The molecule has 2 fully saturated rings. The fourth-order valence-corrected chi connectivity index (χ4v) is 4.34. The van der Waals surface area contributed by atoms with Crippen LogP contribution in [0.1, 0.15) is 43.6 Å². The molecule has 3 atom stereocenters. The summed E-state index contributed by atoms with van der Waals surface area (Å²) in [4.78, 5) is 27.2. The van der Waals surface area contributed by atoms with Crippen molar-refractivity contribution < 1.29 is 9.59 Å². The molecule has 5 heteroatoms. The lowest BCUT2D eigenvalue weighted by Gasteiger charge is -2.33. The minimum absolute atomic E-state index is 0.00437. The van der Waals surface area contributed by atoms with E-state index in [1.807, 2.05) is 24.3 Å². The molecule has 0 aromatic heterocycles. The lowest BCUT2D eigenvalue weighted by molar-refractivity contribution is -0.127. The summed E-state index contributed by atoms with van der Waals surface area (Å²) in [5.41, 5.74) is 1.71. The molecule has 1 aromatic rings. The van der Waals surface area contributed by atoms with Crippen LogP contribution in [-0.2, 0) is 9.59 Å². The van der Waals surface area contributed by atoms with Crippen LogP contribution >= 0.6 is 0 Å². The van der Waals surface area contributed by atoms with Crippen molar-refractivity contribution in [1.29, 1.82) is 0 Å². The molecule has 0 aliphatic carbocycles. The summed E-state index contributed by atoms with van der Waals surface area (Å²) in [5.74, 6) is -0.433. The molecule has 122 valence electrons. The van der Waals surface area contributed by atoms with Gasteiger partial charge in [0, 0.05) is 30.7 Å². The van der Waals surface area contributed by atoms with Gasteiger partial charge in [0.15, 0.2) is 0 Å². The number of anilines is 1. The van der Waals surface area contributed by atoms with Gasteiger partial charge in [0.1, 0.15) is 0 Å². The zero-order chi connectivity index (χ0) is 15.8. The molecule has 2 saturated heterocycles. The van der Waals surface area contributed by atoms with E-state index in [1.54, 1.807) is 0 Å². The van der Waals surface area contributed by atoms with Crippen molar-refractivity contribution >= 4 is 17.5 Å². The Kier molecular flexibility index (Phi) is 3.81. The van der Waals surface area contributed by atoms with E-state index in [9.17, 15) is 9.59 Å². The van der Waals surface area contributed by atoms with E-state index in [4.69, 9.17) is 0 Å². The second kappa shape index (κ2) is 5.96. The fraction of sp³-hybridized carbons (Fsp3) is 0.556. The Labute approximate surface area is 136 Å². The van der Waals surface area contributed by atoms with Crippen molar-refractivity contribution in [3.05, 3.63) is 29.8 Å². The standard InChI is InChI=1S/C18H23N3O2/c22-17-11-13(12-5-1-2-6-14(12)19-17)18(23)20-15-8-10-21-9-4-3-7-16(15)21/h1-2,5-6,13,15-16H,3-4,7-11H2,(H,19,22)(H,20,23)/t13-,15-,16-/m0/s1. The zero-order valence-corrected chi connectivity index (χ0v) is 13.3. The van der Waals surface area contributed by atoms with E-state index in [2.05, 4.69) is 15.5 Å². The maximum absolute atomic E-state index is 12.8. The van der Waals surface area contributed by atoms with Gasteiger partial charge in [0.25, 0.3) is 0 Å². The fourth-order valence-electron chi connectivity index (χ4n) is 4.34. The number of hydrogen-bond acceptors (Lipinski definition) is 3. The van der Waals surface area contributed by atoms with E-state index >= 15 is 0 Å². The number of carbonyl (C=O) groups is 2. The van der Waals surface area contributed by atoms with E-state index in [0.717, 1.165) is 30.8 Å².